The Bertz CT molecular complexity index is 1010. The van der Waals surface area contributed by atoms with E-state index in [4.69, 9.17) is 4.74 Å². The zero-order valence-electron chi connectivity index (χ0n) is 15.9. The Morgan fingerprint density at radius 3 is 2.34 bits per heavy atom. The summed E-state index contributed by atoms with van der Waals surface area (Å²) in [5, 5.41) is 5.34. The highest BCUT2D eigenvalue weighted by Gasteiger charge is 2.29. The fraction of sp³-hybridized carbons (Fsp3) is 0.238. The maximum absolute atomic E-state index is 12.8. The van der Waals surface area contributed by atoms with E-state index in [2.05, 4.69) is 10.6 Å². The third-order valence-corrected chi connectivity index (χ3v) is 6.29. The smallest absolute Gasteiger partial charge is 0.268 e. The molecule has 0 unspecified atom stereocenters. The highest BCUT2D eigenvalue weighted by Crippen LogP contribution is 2.15. The number of carbonyl (C=O) groups is 2. The first-order valence-corrected chi connectivity index (χ1v) is 10.9. The maximum Gasteiger partial charge on any atom is 0.268 e. The van der Waals surface area contributed by atoms with Gasteiger partial charge in [-0.05, 0) is 42.3 Å². The third kappa shape index (κ3) is 5.68. The van der Waals surface area contributed by atoms with E-state index in [1.54, 1.807) is 67.8 Å². The second kappa shape index (κ2) is 8.91. The summed E-state index contributed by atoms with van der Waals surface area (Å²) in [6.45, 7) is 0. The predicted molar refractivity (Wildman–Crippen MR) is 110 cm³/mol. The van der Waals surface area contributed by atoms with Crippen molar-refractivity contribution in [1.29, 1.82) is 0 Å². The highest BCUT2D eigenvalue weighted by atomic mass is 32.2. The van der Waals surface area contributed by atoms with Crippen molar-refractivity contribution in [3.8, 4) is 5.75 Å². The summed E-state index contributed by atoms with van der Waals surface area (Å²) in [5.41, 5.74) is 1.13. The van der Waals surface area contributed by atoms with Crippen molar-refractivity contribution in [1.82, 2.24) is 10.6 Å². The molecule has 7 nitrogen and oxygen atoms in total. The quantitative estimate of drug-likeness (QED) is 0.702. The van der Waals surface area contributed by atoms with Crippen molar-refractivity contribution in [3.63, 3.8) is 0 Å². The van der Waals surface area contributed by atoms with E-state index in [9.17, 15) is 18.0 Å². The molecule has 1 saturated heterocycles. The second-order valence-electron chi connectivity index (χ2n) is 6.72. The Morgan fingerprint density at radius 1 is 1.07 bits per heavy atom. The van der Waals surface area contributed by atoms with Crippen LogP contribution in [0.4, 0.5) is 0 Å². The van der Waals surface area contributed by atoms with Gasteiger partial charge < -0.3 is 15.4 Å². The summed E-state index contributed by atoms with van der Waals surface area (Å²) in [6, 6.07) is 15.0. The van der Waals surface area contributed by atoms with Crippen LogP contribution in [-0.4, -0.2) is 44.9 Å². The van der Waals surface area contributed by atoms with Crippen LogP contribution in [-0.2, 0) is 14.6 Å². The third-order valence-electron chi connectivity index (χ3n) is 4.52. The number of nitrogens with one attached hydrogen (secondary N) is 2. The summed E-state index contributed by atoms with van der Waals surface area (Å²) in [4.78, 5) is 25.3. The Kier molecular flexibility index (Phi) is 6.33. The highest BCUT2D eigenvalue weighted by molar-refractivity contribution is 7.91. The molecule has 1 aliphatic rings. The van der Waals surface area contributed by atoms with E-state index in [1.807, 2.05) is 0 Å². The van der Waals surface area contributed by atoms with Crippen molar-refractivity contribution in [2.24, 2.45) is 0 Å². The number of amides is 2. The molecule has 0 aromatic heterocycles. The van der Waals surface area contributed by atoms with Crippen LogP contribution in [0.2, 0.25) is 0 Å². The van der Waals surface area contributed by atoms with Gasteiger partial charge >= 0.3 is 0 Å². The molecule has 1 heterocycles. The maximum atomic E-state index is 12.8. The Hall–Kier alpha value is -3.13. The molecule has 152 valence electrons. The molecule has 0 aliphatic carbocycles. The van der Waals surface area contributed by atoms with Crippen LogP contribution in [0.25, 0.3) is 6.08 Å². The van der Waals surface area contributed by atoms with Gasteiger partial charge in [0.25, 0.3) is 11.8 Å². The normalized spacial score (nSPS) is 18.1. The summed E-state index contributed by atoms with van der Waals surface area (Å²) in [5.74, 6) is -0.350. The van der Waals surface area contributed by atoms with Gasteiger partial charge in [0.2, 0.25) is 0 Å². The van der Waals surface area contributed by atoms with Gasteiger partial charge in [0, 0.05) is 11.6 Å². The fourth-order valence-electron chi connectivity index (χ4n) is 2.98. The first-order chi connectivity index (χ1) is 13.9. The average Bonchev–Trinajstić information content (AvgIpc) is 3.06. The molecule has 1 aliphatic heterocycles. The molecule has 0 spiro atoms. The molecule has 0 saturated carbocycles. The van der Waals surface area contributed by atoms with Crippen LogP contribution >= 0.6 is 0 Å². The molecule has 2 aromatic carbocycles. The molecule has 3 rings (SSSR count). The first-order valence-electron chi connectivity index (χ1n) is 9.10. The average molecular weight is 414 g/mol. The van der Waals surface area contributed by atoms with Gasteiger partial charge in [0.1, 0.15) is 11.4 Å². The van der Waals surface area contributed by atoms with Gasteiger partial charge in [-0.25, -0.2) is 8.42 Å². The van der Waals surface area contributed by atoms with Crippen LogP contribution in [0, 0.1) is 0 Å². The molecule has 1 atom stereocenters. The molecule has 2 N–H and O–H groups in total. The summed E-state index contributed by atoms with van der Waals surface area (Å²) in [7, 11) is -1.58. The lowest BCUT2D eigenvalue weighted by atomic mass is 10.1. The molecular formula is C21H22N2O5S. The van der Waals surface area contributed by atoms with Crippen molar-refractivity contribution in [2.45, 2.75) is 12.5 Å². The number of rotatable bonds is 6. The lowest BCUT2D eigenvalue weighted by Gasteiger charge is -2.14. The zero-order chi connectivity index (χ0) is 20.9. The fourth-order valence-corrected chi connectivity index (χ4v) is 4.65. The summed E-state index contributed by atoms with van der Waals surface area (Å²) < 4.78 is 28.4. The van der Waals surface area contributed by atoms with Gasteiger partial charge in [-0.1, -0.05) is 30.3 Å². The van der Waals surface area contributed by atoms with E-state index in [0.29, 0.717) is 23.3 Å². The van der Waals surface area contributed by atoms with Crippen LogP contribution in [0.15, 0.2) is 60.3 Å². The number of carbonyl (C=O) groups excluding carboxylic acids is 2. The van der Waals surface area contributed by atoms with E-state index in [0.717, 1.165) is 0 Å². The minimum atomic E-state index is -3.13. The topological polar surface area (TPSA) is 102 Å². The number of hydrogen-bond acceptors (Lipinski definition) is 5. The predicted octanol–water partition coefficient (Wildman–Crippen LogP) is 1.77. The Labute approximate surface area is 169 Å². The molecule has 0 bridgehead atoms. The number of ether oxygens (including phenoxy) is 1. The van der Waals surface area contributed by atoms with Gasteiger partial charge in [-0.3, -0.25) is 9.59 Å². The Balaban J connectivity index is 1.82. The van der Waals surface area contributed by atoms with Gasteiger partial charge in [-0.15, -0.1) is 0 Å². The Morgan fingerprint density at radius 2 is 1.76 bits per heavy atom. The van der Waals surface area contributed by atoms with Crippen molar-refractivity contribution in [3.05, 3.63) is 71.4 Å². The molecule has 8 heteroatoms. The van der Waals surface area contributed by atoms with E-state index < -0.39 is 27.7 Å². The largest absolute Gasteiger partial charge is 0.497 e. The number of benzene rings is 2. The molecule has 1 fully saturated rings. The number of sulfone groups is 1. The standard InChI is InChI=1S/C21H22N2O5S/c1-28-18-9-7-15(8-10-18)13-19(23-20(24)16-5-3-2-4-6-16)21(25)22-17-11-12-29(26,27)14-17/h2-10,13,17H,11-12,14H2,1H3,(H,22,25)(H,23,24)/b19-13+/t17-/m0/s1. The van der Waals surface area contributed by atoms with Crippen LogP contribution in [0.5, 0.6) is 5.75 Å². The van der Waals surface area contributed by atoms with Gasteiger partial charge in [0.15, 0.2) is 9.84 Å². The van der Waals surface area contributed by atoms with E-state index in [1.165, 1.54) is 0 Å². The van der Waals surface area contributed by atoms with Crippen molar-refractivity contribution < 1.29 is 22.7 Å². The van der Waals surface area contributed by atoms with E-state index in [-0.39, 0.29) is 17.2 Å². The number of methoxy groups -OCH3 is 1. The lowest BCUT2D eigenvalue weighted by molar-refractivity contribution is -0.118. The summed E-state index contributed by atoms with van der Waals surface area (Å²) >= 11 is 0. The molecule has 0 radical (unpaired) electrons. The number of hydrogen-bond donors (Lipinski definition) is 2. The van der Waals surface area contributed by atoms with E-state index >= 15 is 0 Å². The van der Waals surface area contributed by atoms with Crippen LogP contribution in [0.3, 0.4) is 0 Å². The second-order valence-corrected chi connectivity index (χ2v) is 8.95. The van der Waals surface area contributed by atoms with Crippen LogP contribution < -0.4 is 15.4 Å². The molecule has 2 amide bonds. The molecule has 29 heavy (non-hydrogen) atoms. The lowest BCUT2D eigenvalue weighted by Crippen LogP contribution is -2.41. The molecule has 2 aromatic rings. The summed E-state index contributed by atoms with van der Waals surface area (Å²) in [6.07, 6.45) is 1.90. The van der Waals surface area contributed by atoms with Crippen LogP contribution in [0.1, 0.15) is 22.3 Å². The zero-order valence-corrected chi connectivity index (χ0v) is 16.7. The van der Waals surface area contributed by atoms with Gasteiger partial charge in [-0.2, -0.15) is 0 Å². The van der Waals surface area contributed by atoms with Gasteiger partial charge in [0.05, 0.1) is 18.6 Å². The monoisotopic (exact) mass is 414 g/mol. The van der Waals surface area contributed by atoms with Crippen molar-refractivity contribution >= 4 is 27.7 Å². The molecular weight excluding hydrogens is 392 g/mol. The first kappa shape index (κ1) is 20.6. The minimum absolute atomic E-state index is 0.0355. The van der Waals surface area contributed by atoms with Crippen molar-refractivity contribution in [2.75, 3.05) is 18.6 Å². The SMILES string of the molecule is COc1ccc(/C=C(/NC(=O)c2ccccc2)C(=O)N[C@H]2CCS(=O)(=O)C2)cc1. The minimum Gasteiger partial charge on any atom is -0.497 e.